The molecule has 0 amide bonds. The van der Waals surface area contributed by atoms with Crippen LogP contribution in [0.3, 0.4) is 0 Å². The Bertz CT molecular complexity index is 329. The van der Waals surface area contributed by atoms with Gasteiger partial charge in [-0.15, -0.1) is 24.8 Å². The molecule has 1 N–H and O–H groups in total. The Morgan fingerprint density at radius 2 is 1.80 bits per heavy atom. The van der Waals surface area contributed by atoms with Crippen molar-refractivity contribution in [1.82, 2.24) is 10.2 Å². The highest BCUT2D eigenvalue weighted by Crippen LogP contribution is 2.38. The first-order valence-corrected chi connectivity index (χ1v) is 7.42. The zero-order valence-electron chi connectivity index (χ0n) is 11.9. The summed E-state index contributed by atoms with van der Waals surface area (Å²) in [4.78, 5) is 2.66. The number of nitrogens with zero attached hydrogens (tertiary/aromatic N) is 1. The van der Waals surface area contributed by atoms with Gasteiger partial charge in [-0.25, -0.2) is 0 Å². The second kappa shape index (κ2) is 8.93. The van der Waals surface area contributed by atoms with Gasteiger partial charge in [0.15, 0.2) is 0 Å². The van der Waals surface area contributed by atoms with Crippen LogP contribution in [0.2, 0.25) is 0 Å². The molecule has 0 spiro atoms. The molecule has 5 heteroatoms. The van der Waals surface area contributed by atoms with Gasteiger partial charge in [-0.3, -0.25) is 4.90 Å². The minimum Gasteiger partial charge on any atom is -0.472 e. The molecule has 1 saturated carbocycles. The lowest BCUT2D eigenvalue weighted by Crippen LogP contribution is -2.47. The molecule has 1 saturated heterocycles. The van der Waals surface area contributed by atoms with Crippen LogP contribution in [0.5, 0.6) is 0 Å². The lowest BCUT2D eigenvalue weighted by atomic mass is 9.81. The number of hydrogen-bond donors (Lipinski definition) is 1. The van der Waals surface area contributed by atoms with E-state index in [-0.39, 0.29) is 24.8 Å². The molecule has 1 aromatic rings. The highest BCUT2D eigenvalue weighted by atomic mass is 35.5. The molecule has 0 radical (unpaired) electrons. The van der Waals surface area contributed by atoms with Crippen molar-refractivity contribution < 1.29 is 4.42 Å². The minimum absolute atomic E-state index is 0. The molecule has 3 nitrogen and oxygen atoms in total. The standard InChI is InChI=1S/C15H24N2O.2ClH/c1-2-4-13(5-3-1)15(14-6-11-18-12-14)17-9-7-16-8-10-17;;/h6,11-13,15-16H,1-5,7-10H2;2*1H/t15-;;/m0../s1. The molecule has 1 atom stereocenters. The SMILES string of the molecule is Cl.Cl.c1cc([C@H](C2CCCCC2)N2CCNCC2)co1. The summed E-state index contributed by atoms with van der Waals surface area (Å²) < 4.78 is 5.33. The Kier molecular flexibility index (Phi) is 7.96. The van der Waals surface area contributed by atoms with Crippen LogP contribution < -0.4 is 5.32 Å². The monoisotopic (exact) mass is 320 g/mol. The zero-order valence-corrected chi connectivity index (χ0v) is 13.6. The van der Waals surface area contributed by atoms with Crippen LogP contribution in [0.25, 0.3) is 0 Å². The van der Waals surface area contributed by atoms with E-state index >= 15 is 0 Å². The first-order valence-electron chi connectivity index (χ1n) is 7.42. The van der Waals surface area contributed by atoms with Crippen LogP contribution in [-0.2, 0) is 0 Å². The molecule has 2 fully saturated rings. The van der Waals surface area contributed by atoms with Crippen molar-refractivity contribution in [3.8, 4) is 0 Å². The van der Waals surface area contributed by atoms with Gasteiger partial charge < -0.3 is 9.73 Å². The average molecular weight is 321 g/mol. The van der Waals surface area contributed by atoms with Crippen molar-refractivity contribution in [3.63, 3.8) is 0 Å². The molecule has 2 aliphatic rings. The van der Waals surface area contributed by atoms with Crippen molar-refractivity contribution in [2.24, 2.45) is 5.92 Å². The van der Waals surface area contributed by atoms with Gasteiger partial charge >= 0.3 is 0 Å². The zero-order chi connectivity index (χ0) is 12.2. The smallest absolute Gasteiger partial charge is 0.0950 e. The Balaban J connectivity index is 0.000001000. The van der Waals surface area contributed by atoms with Crippen LogP contribution in [0.1, 0.15) is 43.7 Å². The molecule has 0 aromatic carbocycles. The second-order valence-electron chi connectivity index (χ2n) is 5.69. The summed E-state index contributed by atoms with van der Waals surface area (Å²) in [7, 11) is 0. The number of nitrogens with one attached hydrogen (secondary N) is 1. The van der Waals surface area contributed by atoms with Crippen molar-refractivity contribution in [3.05, 3.63) is 24.2 Å². The fraction of sp³-hybridized carbons (Fsp3) is 0.733. The number of hydrogen-bond acceptors (Lipinski definition) is 3. The topological polar surface area (TPSA) is 28.4 Å². The molecular formula is C15H26Cl2N2O. The van der Waals surface area contributed by atoms with Crippen LogP contribution >= 0.6 is 24.8 Å². The third-order valence-electron chi connectivity index (χ3n) is 4.53. The lowest BCUT2D eigenvalue weighted by Gasteiger charge is -2.40. The molecular weight excluding hydrogens is 295 g/mol. The highest BCUT2D eigenvalue weighted by molar-refractivity contribution is 5.85. The lowest BCUT2D eigenvalue weighted by molar-refractivity contribution is 0.103. The molecule has 0 bridgehead atoms. The number of piperazine rings is 1. The van der Waals surface area contributed by atoms with Crippen LogP contribution in [0.15, 0.2) is 23.0 Å². The van der Waals surface area contributed by atoms with Gasteiger partial charge in [0.05, 0.1) is 12.5 Å². The largest absolute Gasteiger partial charge is 0.472 e. The third kappa shape index (κ3) is 4.14. The summed E-state index contributed by atoms with van der Waals surface area (Å²) in [5.41, 5.74) is 1.39. The molecule has 0 unspecified atom stereocenters. The number of halogens is 2. The van der Waals surface area contributed by atoms with Crippen molar-refractivity contribution in [1.29, 1.82) is 0 Å². The maximum absolute atomic E-state index is 5.33. The van der Waals surface area contributed by atoms with Gasteiger partial charge in [0.2, 0.25) is 0 Å². The van der Waals surface area contributed by atoms with E-state index in [2.05, 4.69) is 16.3 Å². The van der Waals surface area contributed by atoms with E-state index in [1.54, 1.807) is 0 Å². The number of furan rings is 1. The first-order chi connectivity index (χ1) is 8.95. The summed E-state index contributed by atoms with van der Waals surface area (Å²) in [6, 6.07) is 2.76. The molecule has 1 aliphatic heterocycles. The summed E-state index contributed by atoms with van der Waals surface area (Å²) in [5, 5.41) is 3.45. The third-order valence-corrected chi connectivity index (χ3v) is 4.53. The predicted molar refractivity (Wildman–Crippen MR) is 87.0 cm³/mol. The molecule has 1 aliphatic carbocycles. The quantitative estimate of drug-likeness (QED) is 0.921. The van der Waals surface area contributed by atoms with E-state index in [9.17, 15) is 0 Å². The average Bonchev–Trinajstić information content (AvgIpc) is 2.95. The van der Waals surface area contributed by atoms with Crippen molar-refractivity contribution in [2.45, 2.75) is 38.1 Å². The maximum atomic E-state index is 5.33. The van der Waals surface area contributed by atoms with E-state index in [0.29, 0.717) is 6.04 Å². The Labute approximate surface area is 134 Å². The van der Waals surface area contributed by atoms with Gasteiger partial charge in [0.1, 0.15) is 0 Å². The van der Waals surface area contributed by atoms with Gasteiger partial charge in [0.25, 0.3) is 0 Å². The predicted octanol–water partition coefficient (Wildman–Crippen LogP) is 3.65. The van der Waals surface area contributed by atoms with Gasteiger partial charge in [-0.1, -0.05) is 19.3 Å². The van der Waals surface area contributed by atoms with Crippen LogP contribution in [-0.4, -0.2) is 31.1 Å². The van der Waals surface area contributed by atoms with Crippen LogP contribution in [0, 0.1) is 5.92 Å². The maximum Gasteiger partial charge on any atom is 0.0950 e. The summed E-state index contributed by atoms with van der Waals surface area (Å²) in [5.74, 6) is 0.828. The van der Waals surface area contributed by atoms with E-state index < -0.39 is 0 Å². The second-order valence-corrected chi connectivity index (χ2v) is 5.69. The van der Waals surface area contributed by atoms with Crippen molar-refractivity contribution in [2.75, 3.05) is 26.2 Å². The van der Waals surface area contributed by atoms with E-state index in [1.165, 1.54) is 50.8 Å². The Hall–Kier alpha value is -0.220. The molecule has 116 valence electrons. The van der Waals surface area contributed by atoms with Gasteiger partial charge in [-0.05, 0) is 24.8 Å². The summed E-state index contributed by atoms with van der Waals surface area (Å²) in [6.45, 7) is 4.60. The summed E-state index contributed by atoms with van der Waals surface area (Å²) in [6.07, 6.45) is 10.8. The normalized spacial score (nSPS) is 22.6. The Morgan fingerprint density at radius 3 is 2.40 bits per heavy atom. The fourth-order valence-electron chi connectivity index (χ4n) is 3.63. The van der Waals surface area contributed by atoms with Crippen molar-refractivity contribution >= 4 is 24.8 Å². The van der Waals surface area contributed by atoms with Crippen LogP contribution in [0.4, 0.5) is 0 Å². The fourth-order valence-corrected chi connectivity index (χ4v) is 3.63. The number of rotatable bonds is 3. The molecule has 3 rings (SSSR count). The van der Waals surface area contributed by atoms with E-state index in [0.717, 1.165) is 19.0 Å². The van der Waals surface area contributed by atoms with Gasteiger partial charge in [0, 0.05) is 37.8 Å². The minimum atomic E-state index is 0. The molecule has 20 heavy (non-hydrogen) atoms. The molecule has 1 aromatic heterocycles. The van der Waals surface area contributed by atoms with E-state index in [1.807, 2.05) is 12.5 Å². The molecule has 2 heterocycles. The first kappa shape index (κ1) is 17.8. The van der Waals surface area contributed by atoms with Gasteiger partial charge in [-0.2, -0.15) is 0 Å². The van der Waals surface area contributed by atoms with E-state index in [4.69, 9.17) is 4.42 Å². The highest BCUT2D eigenvalue weighted by Gasteiger charge is 2.31. The Morgan fingerprint density at radius 1 is 1.10 bits per heavy atom. The summed E-state index contributed by atoms with van der Waals surface area (Å²) >= 11 is 0.